The van der Waals surface area contributed by atoms with Crippen LogP contribution < -0.4 is 5.32 Å². The third-order valence-corrected chi connectivity index (χ3v) is 4.86. The highest BCUT2D eigenvalue weighted by molar-refractivity contribution is 6.34. The fourth-order valence-corrected chi connectivity index (χ4v) is 3.44. The minimum absolute atomic E-state index is 0.0760. The number of rotatable bonds is 4. The van der Waals surface area contributed by atoms with E-state index in [2.05, 4.69) is 5.32 Å². The Morgan fingerprint density at radius 1 is 1.19 bits per heavy atom. The molecule has 4 nitrogen and oxygen atoms in total. The van der Waals surface area contributed by atoms with Crippen molar-refractivity contribution in [3.05, 3.63) is 33.8 Å². The van der Waals surface area contributed by atoms with E-state index >= 15 is 0 Å². The Morgan fingerprint density at radius 3 is 2.29 bits per heavy atom. The number of amides is 1. The number of nitrogens with one attached hydrogen (secondary N) is 1. The van der Waals surface area contributed by atoms with Gasteiger partial charge in [0.2, 0.25) is 5.91 Å². The van der Waals surface area contributed by atoms with Gasteiger partial charge in [0.05, 0.1) is 0 Å². The number of hydrogen-bond donors (Lipinski definition) is 2. The smallest absolute Gasteiger partial charge is 0.329 e. The molecule has 2 aliphatic rings. The van der Waals surface area contributed by atoms with E-state index in [-0.39, 0.29) is 17.7 Å². The molecule has 2 fully saturated rings. The van der Waals surface area contributed by atoms with Crippen molar-refractivity contribution in [3.8, 4) is 0 Å². The number of hydrogen-bond acceptors (Lipinski definition) is 2. The van der Waals surface area contributed by atoms with Gasteiger partial charge in [0, 0.05) is 16.0 Å². The molecule has 2 atom stereocenters. The van der Waals surface area contributed by atoms with Crippen LogP contribution in [0.5, 0.6) is 0 Å². The first-order valence-corrected chi connectivity index (χ1v) is 7.68. The van der Waals surface area contributed by atoms with Crippen molar-refractivity contribution in [1.82, 2.24) is 5.32 Å². The maximum Gasteiger partial charge on any atom is 0.329 e. The zero-order valence-electron chi connectivity index (χ0n) is 11.2. The zero-order chi connectivity index (χ0) is 15.2. The highest BCUT2D eigenvalue weighted by Crippen LogP contribution is 2.49. The highest BCUT2D eigenvalue weighted by atomic mass is 35.5. The molecule has 1 aromatic rings. The molecule has 0 aromatic heterocycles. The standard InChI is InChI=1S/C15H15Cl2NO3/c16-9-4-8(5-10(17)6-9)11-7-12(11)13(19)18-15(14(20)21)2-1-3-15/h4-6,11-12H,1-3,7H2,(H,18,19)(H,20,21). The number of carboxylic acid groups (broad SMARTS) is 1. The Kier molecular flexibility index (Phi) is 3.62. The van der Waals surface area contributed by atoms with E-state index < -0.39 is 11.5 Å². The van der Waals surface area contributed by atoms with Gasteiger partial charge in [-0.05, 0) is 55.4 Å². The second-order valence-electron chi connectivity index (χ2n) is 5.88. The largest absolute Gasteiger partial charge is 0.480 e. The van der Waals surface area contributed by atoms with E-state index in [0.717, 1.165) is 12.0 Å². The van der Waals surface area contributed by atoms with Crippen molar-refractivity contribution in [3.63, 3.8) is 0 Å². The predicted molar refractivity (Wildman–Crippen MR) is 79.7 cm³/mol. The number of carbonyl (C=O) groups is 2. The van der Waals surface area contributed by atoms with Crippen molar-refractivity contribution >= 4 is 35.1 Å². The van der Waals surface area contributed by atoms with E-state index in [0.29, 0.717) is 29.3 Å². The van der Waals surface area contributed by atoms with Gasteiger partial charge in [0.1, 0.15) is 5.54 Å². The molecule has 21 heavy (non-hydrogen) atoms. The fourth-order valence-electron chi connectivity index (χ4n) is 2.89. The van der Waals surface area contributed by atoms with Crippen LogP contribution in [0.25, 0.3) is 0 Å². The summed E-state index contributed by atoms with van der Waals surface area (Å²) < 4.78 is 0. The lowest BCUT2D eigenvalue weighted by Gasteiger charge is -2.38. The van der Waals surface area contributed by atoms with Gasteiger partial charge in [-0.3, -0.25) is 4.79 Å². The summed E-state index contributed by atoms with van der Waals surface area (Å²) >= 11 is 11.9. The Balaban J connectivity index is 1.67. The molecule has 0 radical (unpaired) electrons. The molecule has 6 heteroatoms. The monoisotopic (exact) mass is 327 g/mol. The maximum absolute atomic E-state index is 12.2. The quantitative estimate of drug-likeness (QED) is 0.892. The zero-order valence-corrected chi connectivity index (χ0v) is 12.7. The SMILES string of the molecule is O=C(NC1(C(=O)O)CCC1)C1CC1c1cc(Cl)cc(Cl)c1. The molecular weight excluding hydrogens is 313 g/mol. The molecule has 0 aliphatic heterocycles. The number of benzene rings is 1. The molecule has 1 amide bonds. The van der Waals surface area contributed by atoms with Gasteiger partial charge >= 0.3 is 5.97 Å². The number of aliphatic carboxylic acids is 1. The van der Waals surface area contributed by atoms with Gasteiger partial charge in [-0.15, -0.1) is 0 Å². The summed E-state index contributed by atoms with van der Waals surface area (Å²) in [5.41, 5.74) is -0.110. The lowest BCUT2D eigenvalue weighted by molar-refractivity contribution is -0.152. The van der Waals surface area contributed by atoms with Crippen LogP contribution in [0.2, 0.25) is 10.0 Å². The average Bonchev–Trinajstić information content (AvgIpc) is 3.12. The predicted octanol–water partition coefficient (Wildman–Crippen LogP) is 3.22. The minimum atomic E-state index is -1.05. The summed E-state index contributed by atoms with van der Waals surface area (Å²) in [5, 5.41) is 13.0. The van der Waals surface area contributed by atoms with Crippen LogP contribution >= 0.6 is 23.2 Å². The van der Waals surface area contributed by atoms with Crippen LogP contribution in [0.3, 0.4) is 0 Å². The first-order valence-electron chi connectivity index (χ1n) is 6.93. The van der Waals surface area contributed by atoms with Gasteiger partial charge < -0.3 is 10.4 Å². The average molecular weight is 328 g/mol. The molecule has 0 heterocycles. The lowest BCUT2D eigenvalue weighted by atomic mass is 9.76. The van der Waals surface area contributed by atoms with Gasteiger partial charge in [-0.25, -0.2) is 4.79 Å². The highest BCUT2D eigenvalue weighted by Gasteiger charge is 2.51. The molecule has 2 aliphatic carbocycles. The second kappa shape index (κ2) is 5.18. The van der Waals surface area contributed by atoms with E-state index in [1.165, 1.54) is 0 Å². The molecule has 0 spiro atoms. The lowest BCUT2D eigenvalue weighted by Crippen LogP contribution is -2.59. The Morgan fingerprint density at radius 2 is 1.81 bits per heavy atom. The van der Waals surface area contributed by atoms with E-state index in [4.69, 9.17) is 23.2 Å². The number of carboxylic acids is 1. The molecule has 2 unspecified atom stereocenters. The third-order valence-electron chi connectivity index (χ3n) is 4.42. The first kappa shape index (κ1) is 14.7. The van der Waals surface area contributed by atoms with Crippen LogP contribution in [0.15, 0.2) is 18.2 Å². The minimum Gasteiger partial charge on any atom is -0.480 e. The number of carbonyl (C=O) groups excluding carboxylic acids is 1. The van der Waals surface area contributed by atoms with E-state index in [1.54, 1.807) is 6.07 Å². The molecule has 112 valence electrons. The topological polar surface area (TPSA) is 66.4 Å². The van der Waals surface area contributed by atoms with Crippen molar-refractivity contribution in [1.29, 1.82) is 0 Å². The van der Waals surface area contributed by atoms with E-state index in [1.807, 2.05) is 12.1 Å². The van der Waals surface area contributed by atoms with Crippen LogP contribution in [0.4, 0.5) is 0 Å². The Bertz CT molecular complexity index is 593. The summed E-state index contributed by atoms with van der Waals surface area (Å²) in [6, 6.07) is 5.27. The molecule has 3 rings (SSSR count). The summed E-state index contributed by atoms with van der Waals surface area (Å²) in [6.45, 7) is 0. The molecule has 0 bridgehead atoms. The van der Waals surface area contributed by atoms with Crippen LogP contribution in [-0.4, -0.2) is 22.5 Å². The maximum atomic E-state index is 12.2. The summed E-state index contributed by atoms with van der Waals surface area (Å²) in [5.74, 6) is -1.23. The van der Waals surface area contributed by atoms with Crippen molar-refractivity contribution in [2.75, 3.05) is 0 Å². The molecule has 1 aromatic carbocycles. The van der Waals surface area contributed by atoms with Gasteiger partial charge in [-0.1, -0.05) is 23.2 Å². The van der Waals surface area contributed by atoms with Crippen LogP contribution in [0.1, 0.15) is 37.2 Å². The fraction of sp³-hybridized carbons (Fsp3) is 0.467. The van der Waals surface area contributed by atoms with Crippen molar-refractivity contribution in [2.45, 2.75) is 37.1 Å². The van der Waals surface area contributed by atoms with Gasteiger partial charge in [0.15, 0.2) is 0 Å². The van der Waals surface area contributed by atoms with Crippen LogP contribution in [0, 0.1) is 5.92 Å². The van der Waals surface area contributed by atoms with Gasteiger partial charge in [-0.2, -0.15) is 0 Å². The Hall–Kier alpha value is -1.26. The molecule has 2 saturated carbocycles. The van der Waals surface area contributed by atoms with Crippen LogP contribution in [-0.2, 0) is 9.59 Å². The summed E-state index contributed by atoms with van der Waals surface area (Å²) in [7, 11) is 0. The third kappa shape index (κ3) is 2.74. The van der Waals surface area contributed by atoms with Crippen molar-refractivity contribution in [2.24, 2.45) is 5.92 Å². The van der Waals surface area contributed by atoms with E-state index in [9.17, 15) is 14.7 Å². The normalized spacial score (nSPS) is 25.8. The molecule has 0 saturated heterocycles. The summed E-state index contributed by atoms with van der Waals surface area (Å²) in [6.07, 6.45) is 2.56. The van der Waals surface area contributed by atoms with Gasteiger partial charge in [0.25, 0.3) is 0 Å². The number of halogens is 2. The summed E-state index contributed by atoms with van der Waals surface area (Å²) in [4.78, 5) is 23.5. The second-order valence-corrected chi connectivity index (χ2v) is 6.75. The molecule has 2 N–H and O–H groups in total. The molecular formula is C15H15Cl2NO3. The first-order chi connectivity index (χ1) is 9.91. The van der Waals surface area contributed by atoms with Crippen molar-refractivity contribution < 1.29 is 14.7 Å². The Labute approximate surface area is 132 Å².